The number of carbonyl (C=O) groups excluding carboxylic acids is 1. The van der Waals surface area contributed by atoms with E-state index in [1.807, 2.05) is 49.1 Å². The van der Waals surface area contributed by atoms with Crippen molar-refractivity contribution in [1.29, 1.82) is 0 Å². The fourth-order valence-corrected chi connectivity index (χ4v) is 5.07. The van der Waals surface area contributed by atoms with Crippen molar-refractivity contribution in [3.63, 3.8) is 0 Å². The lowest BCUT2D eigenvalue weighted by atomic mass is 9.78. The number of nitrogens with zero attached hydrogens (tertiary/aromatic N) is 5. The third-order valence-corrected chi connectivity index (χ3v) is 7.05. The van der Waals surface area contributed by atoms with Crippen molar-refractivity contribution in [2.24, 2.45) is 13.0 Å². The predicted molar refractivity (Wildman–Crippen MR) is 127 cm³/mol. The molecule has 2 fully saturated rings. The van der Waals surface area contributed by atoms with Crippen molar-refractivity contribution in [3.05, 3.63) is 54.1 Å². The van der Waals surface area contributed by atoms with E-state index in [0.29, 0.717) is 18.3 Å². The maximum absolute atomic E-state index is 12.5. The molecule has 1 saturated heterocycles. The van der Waals surface area contributed by atoms with Crippen LogP contribution in [0.2, 0.25) is 0 Å². The fourth-order valence-electron chi connectivity index (χ4n) is 5.07. The summed E-state index contributed by atoms with van der Waals surface area (Å²) in [6.45, 7) is 5.56. The molecule has 8 heteroatoms. The highest BCUT2D eigenvalue weighted by Crippen LogP contribution is 2.40. The normalized spacial score (nSPS) is 22.6. The lowest BCUT2D eigenvalue weighted by molar-refractivity contribution is 0.0148. The van der Waals surface area contributed by atoms with Crippen LogP contribution in [0.4, 0.5) is 16.4 Å². The first-order valence-electron chi connectivity index (χ1n) is 11.6. The number of anilines is 2. The summed E-state index contributed by atoms with van der Waals surface area (Å²) in [5.41, 5.74) is 4.01. The quantitative estimate of drug-likeness (QED) is 0.622. The number of carbonyl (C=O) groups is 1. The van der Waals surface area contributed by atoms with Gasteiger partial charge in [0.1, 0.15) is 17.2 Å². The zero-order valence-corrected chi connectivity index (χ0v) is 19.4. The number of pyridine rings is 2. The third kappa shape index (κ3) is 4.17. The maximum Gasteiger partial charge on any atom is 0.416 e. The summed E-state index contributed by atoms with van der Waals surface area (Å²) in [5.74, 6) is 2.07. The summed E-state index contributed by atoms with van der Waals surface area (Å²) in [6, 6.07) is 9.73. The first kappa shape index (κ1) is 21.4. The average molecular weight is 447 g/mol. The number of hydrogen-bond donors (Lipinski definition) is 1. The van der Waals surface area contributed by atoms with Crippen molar-refractivity contribution in [1.82, 2.24) is 19.7 Å². The Hall–Kier alpha value is -3.42. The van der Waals surface area contributed by atoms with Crippen LogP contribution in [0.25, 0.3) is 11.1 Å². The minimum atomic E-state index is -0.384. The van der Waals surface area contributed by atoms with Gasteiger partial charge in [-0.1, -0.05) is 6.07 Å². The topological polar surface area (TPSA) is 85.2 Å². The van der Waals surface area contributed by atoms with E-state index in [1.54, 1.807) is 11.1 Å². The molecule has 2 aliphatic rings. The Morgan fingerprint density at radius 2 is 1.97 bits per heavy atom. The van der Waals surface area contributed by atoms with Crippen molar-refractivity contribution in [2.45, 2.75) is 45.1 Å². The molecule has 1 aliphatic heterocycles. The lowest BCUT2D eigenvalue weighted by Gasteiger charge is -2.35. The monoisotopic (exact) mass is 446 g/mol. The molecule has 172 valence electrons. The number of hydrogen-bond acceptors (Lipinski definition) is 6. The number of nitrogens with one attached hydrogen (secondary N) is 1. The number of rotatable bonds is 5. The van der Waals surface area contributed by atoms with Gasteiger partial charge in [-0.2, -0.15) is 5.10 Å². The summed E-state index contributed by atoms with van der Waals surface area (Å²) in [7, 11) is 1.96. The van der Waals surface area contributed by atoms with E-state index in [4.69, 9.17) is 4.74 Å². The molecule has 0 bridgehead atoms. The Bertz CT molecular complexity index is 1130. The smallest absolute Gasteiger partial charge is 0.416 e. The van der Waals surface area contributed by atoms with Gasteiger partial charge >= 0.3 is 6.09 Å². The van der Waals surface area contributed by atoms with Gasteiger partial charge in [0.2, 0.25) is 0 Å². The van der Waals surface area contributed by atoms with E-state index in [-0.39, 0.29) is 11.7 Å². The molecule has 0 atom stereocenters. The third-order valence-electron chi connectivity index (χ3n) is 7.05. The van der Waals surface area contributed by atoms with Gasteiger partial charge in [-0.05, 0) is 69.7 Å². The largest absolute Gasteiger partial charge is 0.441 e. The van der Waals surface area contributed by atoms with Crippen LogP contribution in [-0.4, -0.2) is 44.5 Å². The van der Waals surface area contributed by atoms with Gasteiger partial charge in [0, 0.05) is 42.8 Å². The zero-order chi connectivity index (χ0) is 23.0. The van der Waals surface area contributed by atoms with Gasteiger partial charge in [-0.15, -0.1) is 0 Å². The van der Waals surface area contributed by atoms with E-state index < -0.39 is 0 Å². The van der Waals surface area contributed by atoms with Crippen LogP contribution in [0, 0.1) is 19.8 Å². The van der Waals surface area contributed by atoms with E-state index in [9.17, 15) is 4.79 Å². The lowest BCUT2D eigenvalue weighted by Crippen LogP contribution is -2.39. The summed E-state index contributed by atoms with van der Waals surface area (Å²) in [6.07, 6.45) is 7.12. The second-order valence-electron chi connectivity index (χ2n) is 9.25. The van der Waals surface area contributed by atoms with Crippen LogP contribution in [0.1, 0.15) is 37.1 Å². The summed E-state index contributed by atoms with van der Waals surface area (Å²) in [5, 5.41) is 7.99. The van der Waals surface area contributed by atoms with Gasteiger partial charge in [-0.3, -0.25) is 9.58 Å². The molecule has 3 aromatic rings. The van der Waals surface area contributed by atoms with Gasteiger partial charge in [0.05, 0.1) is 12.2 Å². The number of aryl methyl sites for hydroxylation is 2. The van der Waals surface area contributed by atoms with Gasteiger partial charge in [-0.25, -0.2) is 14.8 Å². The molecule has 1 spiro atoms. The van der Waals surface area contributed by atoms with Crippen molar-refractivity contribution in [2.75, 3.05) is 23.3 Å². The molecule has 1 amide bonds. The standard InChI is InChI=1S/C25H30N6O2/c1-17-23(18(2)30(3)29-17)20-7-8-21(28-15-20)27-14-19-9-11-25(12-10-19)16-31(24(32)33-25)22-6-4-5-13-26-22/h4-8,13,15,19H,9-12,14,16H2,1-3H3,(H,27,28). The van der Waals surface area contributed by atoms with Gasteiger partial charge < -0.3 is 10.1 Å². The highest BCUT2D eigenvalue weighted by molar-refractivity contribution is 5.89. The van der Waals surface area contributed by atoms with Crippen molar-refractivity contribution < 1.29 is 9.53 Å². The maximum atomic E-state index is 12.5. The molecule has 0 aromatic carbocycles. The Labute approximate surface area is 194 Å². The van der Waals surface area contributed by atoms with E-state index in [2.05, 4.69) is 33.4 Å². The van der Waals surface area contributed by atoms with Crippen molar-refractivity contribution >= 4 is 17.7 Å². The van der Waals surface area contributed by atoms with Crippen LogP contribution < -0.4 is 10.2 Å². The van der Waals surface area contributed by atoms with Gasteiger partial charge in [0.25, 0.3) is 0 Å². The minimum Gasteiger partial charge on any atom is -0.441 e. The summed E-state index contributed by atoms with van der Waals surface area (Å²) >= 11 is 0. The Morgan fingerprint density at radius 3 is 2.61 bits per heavy atom. The van der Waals surface area contributed by atoms with Crippen LogP contribution in [0.3, 0.4) is 0 Å². The van der Waals surface area contributed by atoms with E-state index in [0.717, 1.165) is 60.6 Å². The van der Waals surface area contributed by atoms with E-state index in [1.165, 1.54) is 0 Å². The molecule has 8 nitrogen and oxygen atoms in total. The molecule has 1 aliphatic carbocycles. The fraction of sp³-hybridized carbons (Fsp3) is 0.440. The Balaban J connectivity index is 1.15. The second-order valence-corrected chi connectivity index (χ2v) is 9.25. The van der Waals surface area contributed by atoms with E-state index >= 15 is 0 Å². The highest BCUT2D eigenvalue weighted by atomic mass is 16.6. The second kappa shape index (κ2) is 8.50. The first-order chi connectivity index (χ1) is 15.9. The minimum absolute atomic E-state index is 0.284. The average Bonchev–Trinajstić information content (AvgIpc) is 3.28. The van der Waals surface area contributed by atoms with Crippen molar-refractivity contribution in [3.8, 4) is 11.1 Å². The summed E-state index contributed by atoms with van der Waals surface area (Å²) in [4.78, 5) is 23.0. The zero-order valence-electron chi connectivity index (χ0n) is 19.4. The molecular weight excluding hydrogens is 416 g/mol. The number of ether oxygens (including phenoxy) is 1. The van der Waals surface area contributed by atoms with Crippen LogP contribution >= 0.6 is 0 Å². The molecule has 1 saturated carbocycles. The molecule has 0 unspecified atom stereocenters. The molecular formula is C25H30N6O2. The first-order valence-corrected chi connectivity index (χ1v) is 11.6. The predicted octanol–water partition coefficient (Wildman–Crippen LogP) is 4.49. The SMILES string of the molecule is Cc1nn(C)c(C)c1-c1ccc(NCC2CCC3(CC2)CN(c2ccccn2)C(=O)O3)nc1. The van der Waals surface area contributed by atoms with Crippen LogP contribution in [-0.2, 0) is 11.8 Å². The van der Waals surface area contributed by atoms with Crippen LogP contribution in [0.15, 0.2) is 42.7 Å². The highest BCUT2D eigenvalue weighted by Gasteiger charge is 2.47. The summed E-state index contributed by atoms with van der Waals surface area (Å²) < 4.78 is 7.76. The molecule has 0 radical (unpaired) electrons. The molecule has 33 heavy (non-hydrogen) atoms. The van der Waals surface area contributed by atoms with Gasteiger partial charge in [0.15, 0.2) is 0 Å². The molecule has 3 aromatic heterocycles. The number of aromatic nitrogens is 4. The molecule has 5 rings (SSSR count). The van der Waals surface area contributed by atoms with Crippen LogP contribution in [0.5, 0.6) is 0 Å². The Kier molecular flexibility index (Phi) is 5.52. The number of amides is 1. The molecule has 4 heterocycles. The Morgan fingerprint density at radius 1 is 1.15 bits per heavy atom. The molecule has 1 N–H and O–H groups in total.